The van der Waals surface area contributed by atoms with Crippen LogP contribution in [-0.4, -0.2) is 40.6 Å². The minimum Gasteiger partial charge on any atom is -0.363 e. The van der Waals surface area contributed by atoms with E-state index in [4.69, 9.17) is 5.73 Å². The van der Waals surface area contributed by atoms with E-state index in [-0.39, 0.29) is 17.5 Å². The lowest BCUT2D eigenvalue weighted by Gasteiger charge is -2.20. The number of rotatable bonds is 7. The van der Waals surface area contributed by atoms with Crippen molar-refractivity contribution in [2.45, 2.75) is 33.7 Å². The molecule has 1 rings (SSSR count). The van der Waals surface area contributed by atoms with Gasteiger partial charge in [0.05, 0.1) is 4.92 Å². The Morgan fingerprint density at radius 1 is 1.40 bits per heavy atom. The highest BCUT2D eigenvalue weighted by Crippen LogP contribution is 2.27. The summed E-state index contributed by atoms with van der Waals surface area (Å²) >= 11 is 0. The van der Waals surface area contributed by atoms with Gasteiger partial charge in [0.2, 0.25) is 11.8 Å². The molecular weight excluding hydrogens is 260 g/mol. The Hall–Kier alpha value is -1.96. The van der Waals surface area contributed by atoms with Gasteiger partial charge in [0.15, 0.2) is 0 Å². The van der Waals surface area contributed by atoms with Crippen LogP contribution in [0.25, 0.3) is 0 Å². The summed E-state index contributed by atoms with van der Waals surface area (Å²) in [4.78, 5) is 21.1. The summed E-state index contributed by atoms with van der Waals surface area (Å²) < 4.78 is 0. The monoisotopic (exact) mass is 282 g/mol. The fourth-order valence-electron chi connectivity index (χ4n) is 1.80. The molecule has 0 aliphatic carbocycles. The SMILES string of the molecule is CCN(CC)c1nc(C)c([N+](=O)[O-])c(NCC(C)N)n1. The highest BCUT2D eigenvalue weighted by atomic mass is 16.6. The fourth-order valence-corrected chi connectivity index (χ4v) is 1.80. The van der Waals surface area contributed by atoms with Crippen LogP contribution in [-0.2, 0) is 0 Å². The van der Waals surface area contributed by atoms with Gasteiger partial charge in [0.25, 0.3) is 0 Å². The Balaban J connectivity index is 3.23. The molecule has 1 aromatic rings. The molecule has 0 aliphatic heterocycles. The van der Waals surface area contributed by atoms with Gasteiger partial charge in [0, 0.05) is 25.7 Å². The summed E-state index contributed by atoms with van der Waals surface area (Å²) in [7, 11) is 0. The molecule has 0 radical (unpaired) electrons. The number of nitrogens with two attached hydrogens (primary N) is 1. The highest BCUT2D eigenvalue weighted by Gasteiger charge is 2.23. The van der Waals surface area contributed by atoms with Crippen LogP contribution in [0.3, 0.4) is 0 Å². The minimum absolute atomic E-state index is 0.0958. The van der Waals surface area contributed by atoms with E-state index in [1.807, 2.05) is 25.7 Å². The zero-order chi connectivity index (χ0) is 15.3. The first-order chi connectivity index (χ1) is 9.40. The molecule has 0 spiro atoms. The van der Waals surface area contributed by atoms with E-state index >= 15 is 0 Å². The summed E-state index contributed by atoms with van der Waals surface area (Å²) in [6.07, 6.45) is 0. The zero-order valence-corrected chi connectivity index (χ0v) is 12.4. The van der Waals surface area contributed by atoms with Crippen LogP contribution in [0, 0.1) is 17.0 Å². The first-order valence-corrected chi connectivity index (χ1v) is 6.68. The summed E-state index contributed by atoms with van der Waals surface area (Å²) in [5, 5.41) is 14.1. The third-order valence-corrected chi connectivity index (χ3v) is 2.87. The van der Waals surface area contributed by atoms with E-state index in [0.717, 1.165) is 13.1 Å². The second-order valence-corrected chi connectivity index (χ2v) is 4.59. The molecule has 8 heteroatoms. The molecule has 0 saturated heterocycles. The normalized spacial score (nSPS) is 12.1. The van der Waals surface area contributed by atoms with Crippen LogP contribution < -0.4 is 16.0 Å². The Morgan fingerprint density at radius 2 is 2.00 bits per heavy atom. The molecule has 3 N–H and O–H groups in total. The number of anilines is 2. The van der Waals surface area contributed by atoms with Gasteiger partial charge in [-0.2, -0.15) is 4.98 Å². The molecule has 0 amide bonds. The lowest BCUT2D eigenvalue weighted by atomic mass is 10.3. The van der Waals surface area contributed by atoms with Crippen molar-refractivity contribution in [2.75, 3.05) is 29.9 Å². The van der Waals surface area contributed by atoms with Crippen LogP contribution in [0.5, 0.6) is 0 Å². The number of hydrogen-bond acceptors (Lipinski definition) is 7. The van der Waals surface area contributed by atoms with E-state index in [1.54, 1.807) is 6.92 Å². The van der Waals surface area contributed by atoms with Crippen molar-refractivity contribution in [3.8, 4) is 0 Å². The largest absolute Gasteiger partial charge is 0.363 e. The Bertz CT molecular complexity index is 473. The van der Waals surface area contributed by atoms with E-state index in [2.05, 4.69) is 15.3 Å². The average Bonchev–Trinajstić information content (AvgIpc) is 2.36. The molecule has 0 aromatic carbocycles. The Labute approximate surface area is 118 Å². The second-order valence-electron chi connectivity index (χ2n) is 4.59. The highest BCUT2D eigenvalue weighted by molar-refractivity contribution is 5.61. The van der Waals surface area contributed by atoms with Crippen molar-refractivity contribution in [3.63, 3.8) is 0 Å². The molecule has 0 fully saturated rings. The summed E-state index contributed by atoms with van der Waals surface area (Å²) in [6.45, 7) is 9.29. The van der Waals surface area contributed by atoms with E-state index in [1.165, 1.54) is 0 Å². The number of nitro groups is 1. The van der Waals surface area contributed by atoms with E-state index in [0.29, 0.717) is 18.2 Å². The smallest absolute Gasteiger partial charge is 0.332 e. The number of aromatic nitrogens is 2. The van der Waals surface area contributed by atoms with Crippen molar-refractivity contribution in [3.05, 3.63) is 15.8 Å². The number of nitrogens with one attached hydrogen (secondary N) is 1. The van der Waals surface area contributed by atoms with Gasteiger partial charge >= 0.3 is 5.69 Å². The van der Waals surface area contributed by atoms with Gasteiger partial charge in [0.1, 0.15) is 5.69 Å². The van der Waals surface area contributed by atoms with Crippen LogP contribution >= 0.6 is 0 Å². The fraction of sp³-hybridized carbons (Fsp3) is 0.667. The van der Waals surface area contributed by atoms with Crippen LogP contribution in [0.2, 0.25) is 0 Å². The summed E-state index contributed by atoms with van der Waals surface area (Å²) in [6, 6.07) is -0.123. The average molecular weight is 282 g/mol. The number of aryl methyl sites for hydroxylation is 1. The zero-order valence-electron chi connectivity index (χ0n) is 12.4. The molecule has 20 heavy (non-hydrogen) atoms. The Kier molecular flexibility index (Phi) is 5.63. The topological polar surface area (TPSA) is 110 Å². The third kappa shape index (κ3) is 3.77. The van der Waals surface area contributed by atoms with E-state index < -0.39 is 4.92 Å². The van der Waals surface area contributed by atoms with Gasteiger partial charge in [-0.1, -0.05) is 0 Å². The quantitative estimate of drug-likeness (QED) is 0.572. The van der Waals surface area contributed by atoms with Crippen molar-refractivity contribution in [2.24, 2.45) is 5.73 Å². The molecule has 0 saturated carbocycles. The molecule has 8 nitrogen and oxygen atoms in total. The first kappa shape index (κ1) is 16.1. The van der Waals surface area contributed by atoms with Crippen molar-refractivity contribution >= 4 is 17.5 Å². The maximum Gasteiger partial charge on any atom is 0.332 e. The molecule has 1 aromatic heterocycles. The van der Waals surface area contributed by atoms with Gasteiger partial charge in [-0.05, 0) is 27.7 Å². The van der Waals surface area contributed by atoms with Crippen LogP contribution in [0.15, 0.2) is 0 Å². The maximum atomic E-state index is 11.1. The molecule has 0 bridgehead atoms. The van der Waals surface area contributed by atoms with Gasteiger partial charge in [-0.15, -0.1) is 0 Å². The van der Waals surface area contributed by atoms with Crippen molar-refractivity contribution < 1.29 is 4.92 Å². The van der Waals surface area contributed by atoms with Gasteiger partial charge < -0.3 is 16.0 Å². The molecule has 1 unspecified atom stereocenters. The summed E-state index contributed by atoms with van der Waals surface area (Å²) in [5.74, 6) is 0.715. The molecular formula is C12H22N6O2. The second kappa shape index (κ2) is 6.99. The minimum atomic E-state index is -0.467. The van der Waals surface area contributed by atoms with Crippen LogP contribution in [0.4, 0.5) is 17.5 Å². The lowest BCUT2D eigenvalue weighted by molar-refractivity contribution is -0.385. The van der Waals surface area contributed by atoms with E-state index in [9.17, 15) is 10.1 Å². The molecule has 1 atom stereocenters. The maximum absolute atomic E-state index is 11.1. The number of nitrogens with zero attached hydrogens (tertiary/aromatic N) is 4. The predicted molar refractivity (Wildman–Crippen MR) is 79.1 cm³/mol. The van der Waals surface area contributed by atoms with Crippen molar-refractivity contribution in [1.82, 2.24) is 9.97 Å². The van der Waals surface area contributed by atoms with Crippen LogP contribution in [0.1, 0.15) is 26.5 Å². The predicted octanol–water partition coefficient (Wildman–Crippen LogP) is 1.30. The lowest BCUT2D eigenvalue weighted by Crippen LogP contribution is -2.28. The van der Waals surface area contributed by atoms with Crippen molar-refractivity contribution in [1.29, 1.82) is 0 Å². The number of hydrogen-bond donors (Lipinski definition) is 2. The summed E-state index contributed by atoms with van der Waals surface area (Å²) in [5.41, 5.74) is 5.92. The van der Waals surface area contributed by atoms with Gasteiger partial charge in [-0.25, -0.2) is 4.98 Å². The Morgan fingerprint density at radius 3 is 2.45 bits per heavy atom. The molecule has 1 heterocycles. The third-order valence-electron chi connectivity index (χ3n) is 2.87. The first-order valence-electron chi connectivity index (χ1n) is 6.68. The standard InChI is InChI=1S/C12H22N6O2/c1-5-17(6-2)12-15-9(4)10(18(19)20)11(16-12)14-7-8(3)13/h8H,5-7,13H2,1-4H3,(H,14,15,16). The van der Waals surface area contributed by atoms with Gasteiger partial charge in [-0.3, -0.25) is 10.1 Å². The molecule has 0 aliphatic rings. The molecule has 112 valence electrons.